The highest BCUT2D eigenvalue weighted by molar-refractivity contribution is 7.09. The number of anilines is 1. The van der Waals surface area contributed by atoms with Crippen LogP contribution in [0.3, 0.4) is 0 Å². The Bertz CT molecular complexity index is 517. The van der Waals surface area contributed by atoms with E-state index in [0.29, 0.717) is 6.04 Å². The van der Waals surface area contributed by atoms with E-state index in [-0.39, 0.29) is 0 Å². The van der Waals surface area contributed by atoms with E-state index < -0.39 is 0 Å². The molecule has 0 fully saturated rings. The number of aryl methyl sites for hydroxylation is 3. The van der Waals surface area contributed by atoms with E-state index in [4.69, 9.17) is 0 Å². The molecule has 2 nitrogen and oxygen atoms in total. The van der Waals surface area contributed by atoms with Gasteiger partial charge in [-0.2, -0.15) is 0 Å². The minimum Gasteiger partial charge on any atom is -0.377 e. The largest absolute Gasteiger partial charge is 0.377 e. The Morgan fingerprint density at radius 3 is 2.65 bits per heavy atom. The van der Waals surface area contributed by atoms with Gasteiger partial charge in [0.2, 0.25) is 0 Å². The molecule has 1 aromatic heterocycles. The molecule has 1 N–H and O–H groups in total. The summed E-state index contributed by atoms with van der Waals surface area (Å²) in [5.41, 5.74) is 6.81. The SMILES string of the molecule is Cc1ccc(C)c(NC(C)c2scnc2C)c1. The van der Waals surface area contributed by atoms with Crippen LogP contribution in [0.5, 0.6) is 0 Å². The number of hydrogen-bond donors (Lipinski definition) is 1. The molecule has 0 amide bonds. The van der Waals surface area contributed by atoms with E-state index in [0.717, 1.165) is 5.69 Å². The summed E-state index contributed by atoms with van der Waals surface area (Å²) in [6.45, 7) is 8.50. The quantitative estimate of drug-likeness (QED) is 0.876. The van der Waals surface area contributed by atoms with E-state index in [9.17, 15) is 0 Å². The van der Waals surface area contributed by atoms with Crippen molar-refractivity contribution in [3.63, 3.8) is 0 Å². The number of rotatable bonds is 3. The maximum atomic E-state index is 4.30. The molecule has 90 valence electrons. The highest BCUT2D eigenvalue weighted by atomic mass is 32.1. The maximum Gasteiger partial charge on any atom is 0.0798 e. The van der Waals surface area contributed by atoms with Crippen molar-refractivity contribution in [1.29, 1.82) is 0 Å². The first kappa shape index (κ1) is 12.1. The van der Waals surface area contributed by atoms with Gasteiger partial charge in [0.05, 0.1) is 17.2 Å². The van der Waals surface area contributed by atoms with Crippen LogP contribution in [0.1, 0.15) is 34.7 Å². The Morgan fingerprint density at radius 2 is 2.00 bits per heavy atom. The molecule has 0 spiro atoms. The number of aromatic nitrogens is 1. The number of benzene rings is 1. The minimum absolute atomic E-state index is 0.308. The fourth-order valence-electron chi connectivity index (χ4n) is 1.92. The average Bonchev–Trinajstić information content (AvgIpc) is 2.70. The van der Waals surface area contributed by atoms with Gasteiger partial charge in [-0.05, 0) is 44.9 Å². The molecule has 2 rings (SSSR count). The van der Waals surface area contributed by atoms with Gasteiger partial charge in [-0.3, -0.25) is 0 Å². The van der Waals surface area contributed by atoms with E-state index in [1.165, 1.54) is 21.7 Å². The van der Waals surface area contributed by atoms with Gasteiger partial charge >= 0.3 is 0 Å². The summed E-state index contributed by atoms with van der Waals surface area (Å²) in [7, 11) is 0. The molecule has 2 aromatic rings. The average molecular weight is 246 g/mol. The van der Waals surface area contributed by atoms with Crippen LogP contribution in [0, 0.1) is 20.8 Å². The van der Waals surface area contributed by atoms with Crippen molar-refractivity contribution in [2.24, 2.45) is 0 Å². The van der Waals surface area contributed by atoms with Gasteiger partial charge in [0.1, 0.15) is 0 Å². The molecule has 17 heavy (non-hydrogen) atoms. The smallest absolute Gasteiger partial charge is 0.0798 e. The first-order valence-electron chi connectivity index (χ1n) is 5.81. The van der Waals surface area contributed by atoms with E-state index >= 15 is 0 Å². The Hall–Kier alpha value is -1.35. The van der Waals surface area contributed by atoms with Crippen LogP contribution >= 0.6 is 11.3 Å². The Kier molecular flexibility index (Phi) is 3.48. The lowest BCUT2D eigenvalue weighted by Crippen LogP contribution is -2.07. The summed E-state index contributed by atoms with van der Waals surface area (Å²) in [5.74, 6) is 0. The standard InChI is InChI=1S/C14H18N2S/c1-9-5-6-10(2)13(7-9)16-12(4)14-11(3)15-8-17-14/h5-8,12,16H,1-4H3. The Labute approximate surface area is 107 Å². The molecule has 0 aliphatic heterocycles. The topological polar surface area (TPSA) is 24.9 Å². The van der Waals surface area contributed by atoms with Gasteiger partial charge in [-0.1, -0.05) is 12.1 Å². The number of hydrogen-bond acceptors (Lipinski definition) is 3. The van der Waals surface area contributed by atoms with Crippen molar-refractivity contribution < 1.29 is 0 Å². The van der Waals surface area contributed by atoms with Crippen molar-refractivity contribution in [2.45, 2.75) is 33.7 Å². The van der Waals surface area contributed by atoms with Gasteiger partial charge in [0.25, 0.3) is 0 Å². The lowest BCUT2D eigenvalue weighted by molar-refractivity contribution is 0.888. The van der Waals surface area contributed by atoms with Crippen molar-refractivity contribution in [2.75, 3.05) is 5.32 Å². The third kappa shape index (κ3) is 2.67. The highest BCUT2D eigenvalue weighted by Crippen LogP contribution is 2.27. The van der Waals surface area contributed by atoms with Crippen LogP contribution in [0.2, 0.25) is 0 Å². The predicted octanol–water partition coefficient (Wildman–Crippen LogP) is 4.24. The van der Waals surface area contributed by atoms with Gasteiger partial charge < -0.3 is 5.32 Å². The first-order chi connectivity index (χ1) is 8.08. The van der Waals surface area contributed by atoms with Gasteiger partial charge in [-0.25, -0.2) is 4.98 Å². The highest BCUT2D eigenvalue weighted by Gasteiger charge is 2.11. The predicted molar refractivity (Wildman–Crippen MR) is 74.8 cm³/mol. The van der Waals surface area contributed by atoms with E-state index in [1.807, 2.05) is 5.51 Å². The molecule has 1 heterocycles. The molecule has 0 bridgehead atoms. The molecule has 1 aromatic carbocycles. The third-order valence-corrected chi connectivity index (χ3v) is 4.05. The van der Waals surface area contributed by atoms with Crippen LogP contribution < -0.4 is 5.32 Å². The van der Waals surface area contributed by atoms with Crippen LogP contribution in [-0.4, -0.2) is 4.98 Å². The summed E-state index contributed by atoms with van der Waals surface area (Å²) in [5, 5.41) is 3.56. The lowest BCUT2D eigenvalue weighted by Gasteiger charge is -2.16. The van der Waals surface area contributed by atoms with Crippen LogP contribution in [0.25, 0.3) is 0 Å². The molecule has 0 aliphatic carbocycles. The lowest BCUT2D eigenvalue weighted by atomic mass is 10.1. The number of thiazole rings is 1. The van der Waals surface area contributed by atoms with E-state index in [2.05, 4.69) is 56.2 Å². The molecular weight excluding hydrogens is 228 g/mol. The van der Waals surface area contributed by atoms with Crippen LogP contribution in [-0.2, 0) is 0 Å². The van der Waals surface area contributed by atoms with Gasteiger partial charge in [0, 0.05) is 10.6 Å². The minimum atomic E-state index is 0.308. The number of nitrogens with one attached hydrogen (secondary N) is 1. The fraction of sp³-hybridized carbons (Fsp3) is 0.357. The zero-order chi connectivity index (χ0) is 12.4. The zero-order valence-corrected chi connectivity index (χ0v) is 11.6. The molecule has 0 aliphatic rings. The summed E-state index contributed by atoms with van der Waals surface area (Å²) in [6, 6.07) is 6.80. The molecule has 1 unspecified atom stereocenters. The second kappa shape index (κ2) is 4.88. The summed E-state index contributed by atoms with van der Waals surface area (Å²) in [6.07, 6.45) is 0. The van der Waals surface area contributed by atoms with Crippen molar-refractivity contribution in [1.82, 2.24) is 4.98 Å². The Morgan fingerprint density at radius 1 is 1.24 bits per heavy atom. The second-order valence-corrected chi connectivity index (χ2v) is 5.37. The van der Waals surface area contributed by atoms with Crippen molar-refractivity contribution in [3.05, 3.63) is 45.4 Å². The summed E-state index contributed by atoms with van der Waals surface area (Å²) < 4.78 is 0. The van der Waals surface area contributed by atoms with Gasteiger partial charge in [-0.15, -0.1) is 11.3 Å². The normalized spacial score (nSPS) is 12.5. The van der Waals surface area contributed by atoms with Crippen molar-refractivity contribution >= 4 is 17.0 Å². The van der Waals surface area contributed by atoms with Gasteiger partial charge in [0.15, 0.2) is 0 Å². The van der Waals surface area contributed by atoms with Crippen LogP contribution in [0.15, 0.2) is 23.7 Å². The summed E-state index contributed by atoms with van der Waals surface area (Å²) in [4.78, 5) is 5.61. The second-order valence-electron chi connectivity index (χ2n) is 4.49. The maximum absolute atomic E-state index is 4.30. The first-order valence-corrected chi connectivity index (χ1v) is 6.69. The molecule has 0 radical (unpaired) electrons. The van der Waals surface area contributed by atoms with Crippen molar-refractivity contribution in [3.8, 4) is 0 Å². The molecule has 1 atom stereocenters. The number of nitrogens with zero attached hydrogens (tertiary/aromatic N) is 1. The zero-order valence-electron chi connectivity index (χ0n) is 10.7. The van der Waals surface area contributed by atoms with E-state index in [1.54, 1.807) is 11.3 Å². The summed E-state index contributed by atoms with van der Waals surface area (Å²) >= 11 is 1.71. The molecular formula is C14H18N2S. The fourth-order valence-corrected chi connectivity index (χ4v) is 2.73. The molecule has 3 heteroatoms. The Balaban J connectivity index is 2.21. The molecule has 0 saturated heterocycles. The molecule has 0 saturated carbocycles. The van der Waals surface area contributed by atoms with Crippen LogP contribution in [0.4, 0.5) is 5.69 Å². The monoisotopic (exact) mass is 246 g/mol. The third-order valence-electron chi connectivity index (χ3n) is 2.94.